The molecule has 0 fully saturated rings. The monoisotopic (exact) mass is 914 g/mol. The molecule has 0 atom stereocenters. The van der Waals surface area contributed by atoms with E-state index in [0.29, 0.717) is 6.67 Å². The summed E-state index contributed by atoms with van der Waals surface area (Å²) in [5, 5.41) is 2.53. The van der Waals surface area contributed by atoms with Gasteiger partial charge in [-0.25, -0.2) is 4.98 Å². The zero-order chi connectivity index (χ0) is 47.6. The quantitative estimate of drug-likeness (QED) is 0.160. The number of benzene rings is 9. The highest BCUT2D eigenvalue weighted by Crippen LogP contribution is 2.64. The van der Waals surface area contributed by atoms with Crippen LogP contribution < -0.4 is 14.5 Å². The standard InChI is InChI=1S/C66H50N4O/c1-42-33-34-46(68-41-69(57-31-16-15-30-56(57)68)64-48(43-19-7-5-8-20-43)25-17-26-49(64)44-21-9-6-10-22-44)38-60(42)71-47-39-55-63-59(40-47)70(61-37-45(35-36-67-61)65(2,3)4)58-32-18-29-54(62(58)63)66(55)52-27-13-11-23-50(52)51-24-12-14-28-53(51)66/h5-40H,41H2,1-4H3. The van der Waals surface area contributed by atoms with Gasteiger partial charge in [-0.1, -0.05) is 178 Å². The van der Waals surface area contributed by atoms with E-state index >= 15 is 0 Å². The molecule has 11 aromatic rings. The van der Waals surface area contributed by atoms with Gasteiger partial charge in [-0.15, -0.1) is 0 Å². The first-order valence-corrected chi connectivity index (χ1v) is 24.7. The van der Waals surface area contributed by atoms with E-state index in [4.69, 9.17) is 9.72 Å². The van der Waals surface area contributed by atoms with Crippen molar-refractivity contribution in [2.75, 3.05) is 16.5 Å². The Hall–Kier alpha value is -8.67. The Labute approximate surface area is 414 Å². The number of nitrogens with zero attached hydrogens (tertiary/aromatic N) is 4. The first-order chi connectivity index (χ1) is 34.8. The van der Waals surface area contributed by atoms with Crippen LogP contribution in [0.2, 0.25) is 0 Å². The van der Waals surface area contributed by atoms with Crippen LogP contribution in [0.25, 0.3) is 61.0 Å². The van der Waals surface area contributed by atoms with Gasteiger partial charge >= 0.3 is 0 Å². The first kappa shape index (κ1) is 41.3. The van der Waals surface area contributed by atoms with E-state index < -0.39 is 5.41 Å². The minimum absolute atomic E-state index is 0.0513. The molecule has 1 spiro atoms. The first-order valence-electron chi connectivity index (χ1n) is 24.7. The van der Waals surface area contributed by atoms with Gasteiger partial charge < -0.3 is 14.5 Å². The maximum absolute atomic E-state index is 7.37. The Morgan fingerprint density at radius 2 is 1.07 bits per heavy atom. The van der Waals surface area contributed by atoms with E-state index in [1.807, 2.05) is 6.20 Å². The molecular formula is C66H50N4O. The molecule has 0 N–H and O–H groups in total. The fourth-order valence-electron chi connectivity index (χ4n) is 12.2. The molecule has 3 aliphatic rings. The molecule has 5 nitrogen and oxygen atoms in total. The number of anilines is 4. The SMILES string of the molecule is Cc1ccc(N2CN(c3c(-c4ccccc4)cccc3-c3ccccc3)c3ccccc32)cc1Oc1cc2c3c4c(cccc4n(-c4cc(C(C)(C)C)ccn4)c3c1)C21c2ccccc2-c2ccccc21. The third kappa shape index (κ3) is 6.02. The van der Waals surface area contributed by atoms with Crippen LogP contribution in [-0.4, -0.2) is 16.2 Å². The number of hydrogen-bond donors (Lipinski definition) is 0. The summed E-state index contributed by atoms with van der Waals surface area (Å²) in [6.07, 6.45) is 1.96. The molecule has 0 unspecified atom stereocenters. The third-order valence-corrected chi connectivity index (χ3v) is 15.4. The van der Waals surface area contributed by atoms with Crippen LogP contribution in [0.5, 0.6) is 11.5 Å². The summed E-state index contributed by atoms with van der Waals surface area (Å²) in [5.41, 5.74) is 20.9. The van der Waals surface area contributed by atoms with Crippen molar-refractivity contribution in [1.82, 2.24) is 9.55 Å². The van der Waals surface area contributed by atoms with Gasteiger partial charge in [0.1, 0.15) is 24.0 Å². The Bertz CT molecular complexity index is 3850. The van der Waals surface area contributed by atoms with E-state index in [1.54, 1.807) is 0 Å². The minimum atomic E-state index is -0.525. The number of fused-ring (bicyclic) bond motifs is 8. The molecule has 5 heteroatoms. The highest BCUT2D eigenvalue weighted by Gasteiger charge is 2.52. The van der Waals surface area contributed by atoms with Crippen molar-refractivity contribution in [2.45, 2.75) is 38.5 Å². The Kier molecular flexibility index (Phi) is 8.97. The normalized spacial score (nSPS) is 13.9. The second-order valence-corrected chi connectivity index (χ2v) is 20.4. The summed E-state index contributed by atoms with van der Waals surface area (Å²) in [5.74, 6) is 2.50. The molecule has 0 saturated carbocycles. The predicted octanol–water partition coefficient (Wildman–Crippen LogP) is 16.8. The number of ether oxygens (including phenoxy) is 1. The summed E-state index contributed by atoms with van der Waals surface area (Å²) < 4.78 is 9.74. The summed E-state index contributed by atoms with van der Waals surface area (Å²) in [6.45, 7) is 9.57. The molecule has 340 valence electrons. The van der Waals surface area contributed by atoms with Crippen LogP contribution in [0.1, 0.15) is 54.2 Å². The van der Waals surface area contributed by atoms with Gasteiger partial charge in [-0.05, 0) is 110 Å². The molecule has 3 heterocycles. The second kappa shape index (κ2) is 15.4. The summed E-state index contributed by atoms with van der Waals surface area (Å²) in [4.78, 5) is 10.0. The van der Waals surface area contributed by atoms with Gasteiger partial charge in [0, 0.05) is 45.9 Å². The van der Waals surface area contributed by atoms with E-state index in [2.05, 4.69) is 254 Å². The van der Waals surface area contributed by atoms with Crippen LogP contribution >= 0.6 is 0 Å². The fourth-order valence-corrected chi connectivity index (χ4v) is 12.2. The van der Waals surface area contributed by atoms with Crippen molar-refractivity contribution in [3.63, 3.8) is 0 Å². The summed E-state index contributed by atoms with van der Waals surface area (Å²) in [6, 6.07) is 77.6. The average molecular weight is 915 g/mol. The van der Waals surface area contributed by atoms with E-state index in [0.717, 1.165) is 51.0 Å². The van der Waals surface area contributed by atoms with Gasteiger partial charge in [0.25, 0.3) is 0 Å². The molecule has 14 rings (SSSR count). The maximum atomic E-state index is 7.37. The number of rotatable bonds is 7. The predicted molar refractivity (Wildman–Crippen MR) is 292 cm³/mol. The van der Waals surface area contributed by atoms with E-state index in [-0.39, 0.29) is 5.41 Å². The fraction of sp³-hybridized carbons (Fsp3) is 0.106. The zero-order valence-corrected chi connectivity index (χ0v) is 40.2. The van der Waals surface area contributed by atoms with Crippen molar-refractivity contribution < 1.29 is 4.74 Å². The molecule has 0 radical (unpaired) electrons. The minimum Gasteiger partial charge on any atom is -0.457 e. The second-order valence-electron chi connectivity index (χ2n) is 20.4. The smallest absolute Gasteiger partial charge is 0.137 e. The molecule has 0 saturated heterocycles. The average Bonchev–Trinajstić information content (AvgIpc) is 4.14. The number of aromatic nitrogens is 2. The van der Waals surface area contributed by atoms with Crippen LogP contribution in [-0.2, 0) is 10.8 Å². The largest absolute Gasteiger partial charge is 0.457 e. The van der Waals surface area contributed by atoms with Crippen molar-refractivity contribution in [3.8, 4) is 50.7 Å². The maximum Gasteiger partial charge on any atom is 0.137 e. The summed E-state index contributed by atoms with van der Waals surface area (Å²) >= 11 is 0. The molecule has 71 heavy (non-hydrogen) atoms. The highest BCUT2D eigenvalue weighted by molar-refractivity contribution is 6.19. The summed E-state index contributed by atoms with van der Waals surface area (Å²) in [7, 11) is 0. The van der Waals surface area contributed by atoms with E-state index in [9.17, 15) is 0 Å². The number of pyridine rings is 1. The van der Waals surface area contributed by atoms with Crippen molar-refractivity contribution in [1.29, 1.82) is 0 Å². The van der Waals surface area contributed by atoms with Crippen LogP contribution in [0.4, 0.5) is 22.7 Å². The number of aryl methyl sites for hydroxylation is 1. The van der Waals surface area contributed by atoms with Crippen LogP contribution in [0.3, 0.4) is 0 Å². The lowest BCUT2D eigenvalue weighted by Gasteiger charge is -2.32. The molecule has 2 aromatic heterocycles. The number of para-hydroxylation sites is 3. The van der Waals surface area contributed by atoms with Crippen molar-refractivity contribution in [3.05, 3.63) is 252 Å². The topological polar surface area (TPSA) is 33.5 Å². The van der Waals surface area contributed by atoms with Gasteiger partial charge in [-0.2, -0.15) is 0 Å². The molecule has 0 bridgehead atoms. The Balaban J connectivity index is 0.936. The van der Waals surface area contributed by atoms with Gasteiger partial charge in [0.15, 0.2) is 0 Å². The Morgan fingerprint density at radius 1 is 0.493 bits per heavy atom. The lowest BCUT2D eigenvalue weighted by Crippen LogP contribution is -2.26. The Morgan fingerprint density at radius 3 is 1.75 bits per heavy atom. The molecular weight excluding hydrogens is 865 g/mol. The molecule has 9 aromatic carbocycles. The lowest BCUT2D eigenvalue weighted by atomic mass is 9.70. The van der Waals surface area contributed by atoms with Crippen molar-refractivity contribution >= 4 is 44.6 Å². The van der Waals surface area contributed by atoms with Gasteiger partial charge in [0.05, 0.1) is 33.5 Å². The number of hydrogen-bond acceptors (Lipinski definition) is 4. The lowest BCUT2D eigenvalue weighted by molar-refractivity contribution is 0.478. The molecule has 0 amide bonds. The van der Waals surface area contributed by atoms with E-state index in [1.165, 1.54) is 77.7 Å². The molecule has 1 aliphatic heterocycles. The van der Waals surface area contributed by atoms with Crippen LogP contribution in [0.15, 0.2) is 219 Å². The third-order valence-electron chi connectivity index (χ3n) is 15.4. The van der Waals surface area contributed by atoms with Gasteiger partial charge in [-0.3, -0.25) is 4.57 Å². The van der Waals surface area contributed by atoms with Crippen LogP contribution in [0, 0.1) is 6.92 Å². The highest BCUT2D eigenvalue weighted by atomic mass is 16.5. The van der Waals surface area contributed by atoms with Crippen molar-refractivity contribution in [2.24, 2.45) is 0 Å². The molecule has 2 aliphatic carbocycles. The van der Waals surface area contributed by atoms with Gasteiger partial charge in [0.2, 0.25) is 0 Å². The zero-order valence-electron chi connectivity index (χ0n) is 40.2.